The lowest BCUT2D eigenvalue weighted by molar-refractivity contribution is 0.471. The minimum Gasteiger partial charge on any atom is -0.453 e. The lowest BCUT2D eigenvalue weighted by atomic mass is 9.70. The molecule has 0 unspecified atom stereocenters. The quantitative estimate of drug-likeness (QED) is 0.191. The van der Waals surface area contributed by atoms with E-state index in [1.54, 1.807) is 0 Å². The largest absolute Gasteiger partial charge is 0.453 e. The van der Waals surface area contributed by atoms with E-state index in [4.69, 9.17) is 4.74 Å². The van der Waals surface area contributed by atoms with Gasteiger partial charge in [0.25, 0.3) is 0 Å². The maximum atomic E-state index is 6.59. The first-order chi connectivity index (χ1) is 23.6. The second-order valence-corrected chi connectivity index (χ2v) is 13.0. The zero-order valence-corrected chi connectivity index (χ0v) is 27.0. The number of anilines is 6. The molecule has 2 heterocycles. The maximum absolute atomic E-state index is 6.59. The molecule has 9 rings (SSSR count). The molecular formula is C45H34N2O. The van der Waals surface area contributed by atoms with Crippen molar-refractivity contribution in [3.63, 3.8) is 0 Å². The topological polar surface area (TPSA) is 15.7 Å². The van der Waals surface area contributed by atoms with Crippen LogP contribution in [0.25, 0.3) is 22.3 Å². The van der Waals surface area contributed by atoms with Crippen LogP contribution >= 0.6 is 0 Å². The molecule has 0 saturated heterocycles. The van der Waals surface area contributed by atoms with Gasteiger partial charge in [-0.3, -0.25) is 0 Å². The standard InChI is InChI=1S/C45H34N2O/c1-45(2)38-30-36(46(34-18-10-5-11-19-34)35-24-22-32(23-25-35)31-14-6-3-7-15-31)26-28-39(38)47-40-20-12-13-21-41(40)48-42-29-27-37(43(45)44(42)47)33-16-8-4-9-17-33/h3-30H,1-2H3. The monoisotopic (exact) mass is 618 g/mol. The molecule has 2 aliphatic rings. The molecule has 2 aliphatic heterocycles. The highest BCUT2D eigenvalue weighted by Gasteiger charge is 2.43. The molecule has 48 heavy (non-hydrogen) atoms. The summed E-state index contributed by atoms with van der Waals surface area (Å²) in [4.78, 5) is 4.78. The van der Waals surface area contributed by atoms with Crippen molar-refractivity contribution in [2.24, 2.45) is 0 Å². The van der Waals surface area contributed by atoms with Crippen LogP contribution in [0.15, 0.2) is 170 Å². The van der Waals surface area contributed by atoms with Gasteiger partial charge in [-0.1, -0.05) is 123 Å². The minimum absolute atomic E-state index is 0.340. The van der Waals surface area contributed by atoms with Crippen LogP contribution < -0.4 is 14.5 Å². The third-order valence-electron chi connectivity index (χ3n) is 9.80. The Balaban J connectivity index is 1.25. The van der Waals surface area contributed by atoms with Crippen LogP contribution in [0.4, 0.5) is 34.1 Å². The summed E-state index contributed by atoms with van der Waals surface area (Å²) >= 11 is 0. The fourth-order valence-electron chi connectivity index (χ4n) is 7.54. The van der Waals surface area contributed by atoms with E-state index in [0.717, 1.165) is 39.9 Å². The molecule has 0 N–H and O–H groups in total. The van der Waals surface area contributed by atoms with Crippen LogP contribution in [-0.2, 0) is 5.41 Å². The molecule has 0 amide bonds. The lowest BCUT2D eigenvalue weighted by Crippen LogP contribution is -2.33. The highest BCUT2D eigenvalue weighted by molar-refractivity contribution is 5.97. The summed E-state index contributed by atoms with van der Waals surface area (Å²) in [6.07, 6.45) is 0. The molecular weight excluding hydrogens is 585 g/mol. The summed E-state index contributed by atoms with van der Waals surface area (Å²) in [5, 5.41) is 0. The van der Waals surface area contributed by atoms with E-state index < -0.39 is 0 Å². The van der Waals surface area contributed by atoms with Crippen molar-refractivity contribution in [2.45, 2.75) is 19.3 Å². The van der Waals surface area contributed by atoms with E-state index in [0.29, 0.717) is 0 Å². The first kappa shape index (κ1) is 28.2. The number of fused-ring (bicyclic) bond motifs is 4. The predicted molar refractivity (Wildman–Crippen MR) is 199 cm³/mol. The van der Waals surface area contributed by atoms with Crippen molar-refractivity contribution >= 4 is 34.1 Å². The Morgan fingerprint density at radius 2 is 1.06 bits per heavy atom. The number of nitrogens with zero attached hydrogens (tertiary/aromatic N) is 2. The molecule has 3 nitrogen and oxygen atoms in total. The molecule has 0 aliphatic carbocycles. The van der Waals surface area contributed by atoms with Gasteiger partial charge in [0.05, 0.1) is 17.1 Å². The smallest absolute Gasteiger partial charge is 0.151 e. The van der Waals surface area contributed by atoms with Crippen LogP contribution in [0.3, 0.4) is 0 Å². The molecule has 7 aromatic carbocycles. The van der Waals surface area contributed by atoms with Crippen LogP contribution in [0.2, 0.25) is 0 Å². The van der Waals surface area contributed by atoms with E-state index in [1.807, 2.05) is 6.07 Å². The second-order valence-electron chi connectivity index (χ2n) is 13.0. The Kier molecular flexibility index (Phi) is 6.48. The average molecular weight is 619 g/mol. The van der Waals surface area contributed by atoms with Crippen molar-refractivity contribution in [1.82, 2.24) is 0 Å². The van der Waals surface area contributed by atoms with E-state index in [2.05, 4.69) is 187 Å². The molecule has 0 radical (unpaired) electrons. The highest BCUT2D eigenvalue weighted by Crippen LogP contribution is 2.62. The Bertz CT molecular complexity index is 2280. The molecule has 3 heteroatoms. The van der Waals surface area contributed by atoms with Gasteiger partial charge in [-0.15, -0.1) is 0 Å². The first-order valence-corrected chi connectivity index (χ1v) is 16.5. The van der Waals surface area contributed by atoms with Crippen LogP contribution in [0.5, 0.6) is 11.5 Å². The highest BCUT2D eigenvalue weighted by atomic mass is 16.5. The Morgan fingerprint density at radius 3 is 1.79 bits per heavy atom. The summed E-state index contributed by atoms with van der Waals surface area (Å²) in [6, 6.07) is 60.5. The summed E-state index contributed by atoms with van der Waals surface area (Å²) in [5.74, 6) is 1.75. The predicted octanol–water partition coefficient (Wildman–Crippen LogP) is 12.7. The minimum atomic E-state index is -0.340. The summed E-state index contributed by atoms with van der Waals surface area (Å²) in [7, 11) is 0. The van der Waals surface area contributed by atoms with Crippen molar-refractivity contribution in [3.05, 3.63) is 181 Å². The number of hydrogen-bond donors (Lipinski definition) is 0. The van der Waals surface area contributed by atoms with Gasteiger partial charge in [0.2, 0.25) is 0 Å². The number of rotatable bonds is 5. The molecule has 230 valence electrons. The fraction of sp³-hybridized carbons (Fsp3) is 0.0667. The normalized spacial score (nSPS) is 13.5. The van der Waals surface area contributed by atoms with Crippen molar-refractivity contribution in [2.75, 3.05) is 9.80 Å². The van der Waals surface area contributed by atoms with Crippen molar-refractivity contribution in [1.29, 1.82) is 0 Å². The van der Waals surface area contributed by atoms with Gasteiger partial charge in [0.15, 0.2) is 11.5 Å². The number of hydrogen-bond acceptors (Lipinski definition) is 3. The third kappa shape index (κ3) is 4.43. The molecule has 0 fully saturated rings. The first-order valence-electron chi connectivity index (χ1n) is 16.5. The number of benzene rings is 7. The van der Waals surface area contributed by atoms with E-state index >= 15 is 0 Å². The van der Waals surface area contributed by atoms with Crippen molar-refractivity contribution < 1.29 is 4.74 Å². The van der Waals surface area contributed by atoms with E-state index in [-0.39, 0.29) is 5.41 Å². The summed E-state index contributed by atoms with van der Waals surface area (Å²) in [6.45, 7) is 4.72. The third-order valence-corrected chi connectivity index (χ3v) is 9.80. The Morgan fingerprint density at radius 1 is 0.479 bits per heavy atom. The van der Waals surface area contributed by atoms with E-state index in [9.17, 15) is 0 Å². The van der Waals surface area contributed by atoms with Crippen LogP contribution in [0.1, 0.15) is 25.0 Å². The average Bonchev–Trinajstić information content (AvgIpc) is 3.14. The van der Waals surface area contributed by atoms with E-state index in [1.165, 1.54) is 39.1 Å². The number of ether oxygens (including phenoxy) is 1. The second kappa shape index (κ2) is 11.0. The SMILES string of the molecule is CC1(C)c2cc(N(c3ccccc3)c3ccc(-c4ccccc4)cc3)ccc2N2c3ccccc3Oc3ccc(-c4ccccc4)c1c32. The molecule has 7 aromatic rings. The van der Waals surface area contributed by atoms with Gasteiger partial charge in [-0.05, 0) is 94.0 Å². The molecule has 0 aromatic heterocycles. The van der Waals surface area contributed by atoms with Gasteiger partial charge in [0, 0.05) is 22.5 Å². The molecule has 0 atom stereocenters. The Hall–Kier alpha value is -6.06. The molecule has 0 saturated carbocycles. The van der Waals surface area contributed by atoms with Gasteiger partial charge < -0.3 is 14.5 Å². The molecule has 0 bridgehead atoms. The van der Waals surface area contributed by atoms with Crippen molar-refractivity contribution in [3.8, 4) is 33.8 Å². The zero-order chi connectivity index (χ0) is 32.2. The van der Waals surface area contributed by atoms with Gasteiger partial charge >= 0.3 is 0 Å². The number of para-hydroxylation sites is 3. The summed E-state index contributed by atoms with van der Waals surface area (Å²) in [5.41, 5.74) is 13.7. The zero-order valence-electron chi connectivity index (χ0n) is 27.0. The van der Waals surface area contributed by atoms with Gasteiger partial charge in [-0.2, -0.15) is 0 Å². The summed E-state index contributed by atoms with van der Waals surface area (Å²) < 4.78 is 6.59. The fourth-order valence-corrected chi connectivity index (χ4v) is 7.54. The molecule has 0 spiro atoms. The lowest BCUT2D eigenvalue weighted by Gasteiger charge is -2.46. The van der Waals surface area contributed by atoms with Crippen LogP contribution in [-0.4, -0.2) is 0 Å². The Labute approximate surface area is 281 Å². The maximum Gasteiger partial charge on any atom is 0.151 e. The van der Waals surface area contributed by atoms with Crippen LogP contribution in [0, 0.1) is 0 Å². The van der Waals surface area contributed by atoms with Gasteiger partial charge in [-0.25, -0.2) is 0 Å². The van der Waals surface area contributed by atoms with Gasteiger partial charge in [0.1, 0.15) is 0 Å².